The van der Waals surface area contributed by atoms with Crippen LogP contribution < -0.4 is 0 Å². The fourth-order valence-corrected chi connectivity index (χ4v) is 2.03. The first-order chi connectivity index (χ1) is 10.3. The molecule has 21 heavy (non-hydrogen) atoms. The Bertz CT molecular complexity index is 259. The molecule has 0 aromatic carbocycles. The molecule has 2 aliphatic heterocycles. The molecule has 6 nitrogen and oxygen atoms in total. The van der Waals surface area contributed by atoms with Crippen LogP contribution in [0.1, 0.15) is 19.8 Å². The summed E-state index contributed by atoms with van der Waals surface area (Å²) in [6.07, 6.45) is 2.13. The van der Waals surface area contributed by atoms with E-state index in [1.54, 1.807) is 0 Å². The van der Waals surface area contributed by atoms with Crippen molar-refractivity contribution in [2.75, 3.05) is 59.5 Å². The van der Waals surface area contributed by atoms with Crippen molar-refractivity contribution in [3.63, 3.8) is 0 Å². The molecular weight excluding hydrogens is 276 g/mol. The highest BCUT2D eigenvalue weighted by atomic mass is 16.6. The first kappa shape index (κ1) is 17.1. The third-order valence-electron chi connectivity index (χ3n) is 3.83. The highest BCUT2D eigenvalue weighted by Crippen LogP contribution is 2.25. The molecule has 2 rings (SSSR count). The van der Waals surface area contributed by atoms with Gasteiger partial charge < -0.3 is 28.8 Å². The smallest absolute Gasteiger partial charge is 0.104 e. The van der Waals surface area contributed by atoms with Crippen molar-refractivity contribution in [2.24, 2.45) is 5.41 Å². The summed E-state index contributed by atoms with van der Waals surface area (Å²) in [5, 5.41) is 8.81. The van der Waals surface area contributed by atoms with E-state index in [9.17, 15) is 0 Å². The van der Waals surface area contributed by atoms with Crippen molar-refractivity contribution in [1.29, 1.82) is 0 Å². The SMILES string of the molecule is CCC(COCCCO)(COCC1CO1)COCC1CO1. The van der Waals surface area contributed by atoms with E-state index in [4.69, 9.17) is 28.8 Å². The average molecular weight is 304 g/mol. The molecular formula is C15H28O6. The van der Waals surface area contributed by atoms with E-state index in [0.717, 1.165) is 19.6 Å². The molecule has 2 heterocycles. The van der Waals surface area contributed by atoms with Crippen molar-refractivity contribution < 1.29 is 28.8 Å². The van der Waals surface area contributed by atoms with Gasteiger partial charge in [-0.1, -0.05) is 6.92 Å². The fraction of sp³-hybridized carbons (Fsp3) is 1.00. The second-order valence-corrected chi connectivity index (χ2v) is 5.92. The molecule has 2 atom stereocenters. The topological polar surface area (TPSA) is 73.0 Å². The number of aliphatic hydroxyl groups excluding tert-OH is 1. The predicted molar refractivity (Wildman–Crippen MR) is 76.4 cm³/mol. The molecule has 0 aliphatic carbocycles. The van der Waals surface area contributed by atoms with Crippen LogP contribution in [0.2, 0.25) is 0 Å². The van der Waals surface area contributed by atoms with Crippen molar-refractivity contribution in [3.8, 4) is 0 Å². The van der Waals surface area contributed by atoms with Crippen molar-refractivity contribution in [2.45, 2.75) is 32.0 Å². The second kappa shape index (κ2) is 9.02. The Hall–Kier alpha value is -0.240. The van der Waals surface area contributed by atoms with E-state index in [1.165, 1.54) is 0 Å². The molecule has 0 bridgehead atoms. The van der Waals surface area contributed by atoms with Gasteiger partial charge >= 0.3 is 0 Å². The zero-order valence-electron chi connectivity index (χ0n) is 12.9. The van der Waals surface area contributed by atoms with E-state index < -0.39 is 0 Å². The summed E-state index contributed by atoms with van der Waals surface area (Å²) in [7, 11) is 0. The van der Waals surface area contributed by atoms with Crippen LogP contribution in [0.25, 0.3) is 0 Å². The van der Waals surface area contributed by atoms with Crippen LogP contribution in [0.5, 0.6) is 0 Å². The molecule has 2 aliphatic rings. The highest BCUT2D eigenvalue weighted by molar-refractivity contribution is 4.79. The Kier molecular flexibility index (Phi) is 7.36. The van der Waals surface area contributed by atoms with Gasteiger partial charge in [-0.25, -0.2) is 0 Å². The standard InChI is InChI=1S/C15H28O6/c1-2-15(10-17-5-3-4-16,11-18-6-13-8-20-13)12-19-7-14-9-21-14/h13-14,16H,2-12H2,1H3. The largest absolute Gasteiger partial charge is 0.396 e. The van der Waals surface area contributed by atoms with E-state index in [0.29, 0.717) is 46.1 Å². The summed E-state index contributed by atoms with van der Waals surface area (Å²) in [5.41, 5.74) is -0.140. The molecule has 0 radical (unpaired) electrons. The maximum Gasteiger partial charge on any atom is 0.104 e. The maximum absolute atomic E-state index is 8.81. The minimum absolute atomic E-state index is 0.140. The van der Waals surface area contributed by atoms with Gasteiger partial charge in [0, 0.05) is 18.6 Å². The zero-order valence-corrected chi connectivity index (χ0v) is 12.9. The minimum Gasteiger partial charge on any atom is -0.396 e. The van der Waals surface area contributed by atoms with E-state index in [-0.39, 0.29) is 24.2 Å². The lowest BCUT2D eigenvalue weighted by atomic mass is 9.88. The molecule has 0 aromatic heterocycles. The normalized spacial score (nSPS) is 26.6. The third kappa shape index (κ3) is 7.04. The molecule has 2 unspecified atom stereocenters. The summed E-state index contributed by atoms with van der Waals surface area (Å²) >= 11 is 0. The summed E-state index contributed by atoms with van der Waals surface area (Å²) in [6, 6.07) is 0. The van der Waals surface area contributed by atoms with E-state index >= 15 is 0 Å². The van der Waals surface area contributed by atoms with Crippen LogP contribution in [0.4, 0.5) is 0 Å². The Morgan fingerprint density at radius 3 is 1.95 bits per heavy atom. The van der Waals surface area contributed by atoms with Gasteiger partial charge in [-0.2, -0.15) is 0 Å². The average Bonchev–Trinajstić information content (AvgIpc) is 3.37. The van der Waals surface area contributed by atoms with Crippen molar-refractivity contribution in [1.82, 2.24) is 0 Å². The minimum atomic E-state index is -0.140. The van der Waals surface area contributed by atoms with E-state index in [1.807, 2.05) is 0 Å². The first-order valence-electron chi connectivity index (χ1n) is 7.85. The number of epoxide rings is 2. The van der Waals surface area contributed by atoms with Crippen molar-refractivity contribution in [3.05, 3.63) is 0 Å². The number of aliphatic hydroxyl groups is 1. The molecule has 0 spiro atoms. The third-order valence-corrected chi connectivity index (χ3v) is 3.83. The van der Waals surface area contributed by atoms with Gasteiger partial charge in [-0.05, 0) is 12.8 Å². The van der Waals surface area contributed by atoms with Crippen LogP contribution in [-0.4, -0.2) is 76.8 Å². The first-order valence-corrected chi connectivity index (χ1v) is 7.85. The molecule has 124 valence electrons. The Morgan fingerprint density at radius 1 is 1.00 bits per heavy atom. The number of hydrogen-bond acceptors (Lipinski definition) is 6. The van der Waals surface area contributed by atoms with Crippen LogP contribution in [0.3, 0.4) is 0 Å². The lowest BCUT2D eigenvalue weighted by molar-refractivity contribution is -0.0757. The monoisotopic (exact) mass is 304 g/mol. The molecule has 2 fully saturated rings. The van der Waals surface area contributed by atoms with Crippen LogP contribution in [0.15, 0.2) is 0 Å². The summed E-state index contributed by atoms with van der Waals surface area (Å²) in [6.45, 7) is 7.55. The number of ether oxygens (including phenoxy) is 5. The van der Waals surface area contributed by atoms with Gasteiger partial charge in [-0.3, -0.25) is 0 Å². The fourth-order valence-electron chi connectivity index (χ4n) is 2.03. The molecule has 0 aromatic rings. The zero-order chi connectivity index (χ0) is 15.0. The molecule has 6 heteroatoms. The van der Waals surface area contributed by atoms with Gasteiger partial charge in [0.2, 0.25) is 0 Å². The lowest BCUT2D eigenvalue weighted by Gasteiger charge is -2.32. The quantitative estimate of drug-likeness (QED) is 0.374. The lowest BCUT2D eigenvalue weighted by Crippen LogP contribution is -2.38. The molecule has 2 saturated heterocycles. The van der Waals surface area contributed by atoms with Gasteiger partial charge in [0.25, 0.3) is 0 Å². The molecule has 0 amide bonds. The van der Waals surface area contributed by atoms with Crippen molar-refractivity contribution >= 4 is 0 Å². The Balaban J connectivity index is 1.71. The van der Waals surface area contributed by atoms with Crippen LogP contribution in [-0.2, 0) is 23.7 Å². The molecule has 0 saturated carbocycles. The molecule has 1 N–H and O–H groups in total. The maximum atomic E-state index is 8.81. The van der Waals surface area contributed by atoms with Gasteiger partial charge in [0.05, 0.1) is 46.2 Å². The van der Waals surface area contributed by atoms with Gasteiger partial charge in [0.15, 0.2) is 0 Å². The Labute approximate surface area is 126 Å². The van der Waals surface area contributed by atoms with E-state index in [2.05, 4.69) is 6.92 Å². The summed E-state index contributed by atoms with van der Waals surface area (Å²) < 4.78 is 27.6. The Morgan fingerprint density at radius 2 is 1.52 bits per heavy atom. The van der Waals surface area contributed by atoms with Gasteiger partial charge in [-0.15, -0.1) is 0 Å². The van der Waals surface area contributed by atoms with Crippen LogP contribution >= 0.6 is 0 Å². The predicted octanol–water partition coefficient (Wildman–Crippen LogP) is 0.613. The van der Waals surface area contributed by atoms with Crippen LogP contribution in [0, 0.1) is 5.41 Å². The summed E-state index contributed by atoms with van der Waals surface area (Å²) in [5.74, 6) is 0. The number of hydrogen-bond donors (Lipinski definition) is 1. The second-order valence-electron chi connectivity index (χ2n) is 5.92. The highest BCUT2D eigenvalue weighted by Gasteiger charge is 2.33. The summed E-state index contributed by atoms with van der Waals surface area (Å²) in [4.78, 5) is 0. The van der Waals surface area contributed by atoms with Gasteiger partial charge in [0.1, 0.15) is 12.2 Å². The number of rotatable bonds is 14.